The number of benzene rings is 1. The Morgan fingerprint density at radius 3 is 2.76 bits per heavy atom. The molecule has 0 bridgehead atoms. The Morgan fingerprint density at radius 2 is 2.14 bits per heavy atom. The highest BCUT2D eigenvalue weighted by molar-refractivity contribution is 5.44. The van der Waals surface area contributed by atoms with E-state index in [4.69, 9.17) is 9.47 Å². The molecule has 116 valence electrons. The minimum atomic E-state index is -2.93. The molecule has 0 amide bonds. The first-order valence-corrected chi connectivity index (χ1v) is 6.84. The molecular weight excluding hydrogens is 282 g/mol. The maximum absolute atomic E-state index is 12.3. The lowest BCUT2D eigenvalue weighted by Crippen LogP contribution is -2.10. The van der Waals surface area contributed by atoms with Gasteiger partial charge in [-0.25, -0.2) is 0 Å². The smallest absolute Gasteiger partial charge is 0.387 e. The maximum Gasteiger partial charge on any atom is 0.387 e. The molecule has 1 N–H and O–H groups in total. The van der Waals surface area contributed by atoms with Gasteiger partial charge in [0.1, 0.15) is 11.9 Å². The van der Waals surface area contributed by atoms with Gasteiger partial charge >= 0.3 is 6.61 Å². The van der Waals surface area contributed by atoms with Crippen molar-refractivity contribution in [2.75, 3.05) is 13.2 Å². The molecule has 0 aromatic heterocycles. The predicted octanol–water partition coefficient (Wildman–Crippen LogP) is 3.41. The number of ether oxygens (including phenoxy) is 3. The molecule has 0 fully saturated rings. The number of hydrogen-bond acceptors (Lipinski definition) is 4. The molecule has 21 heavy (non-hydrogen) atoms. The molecule has 1 unspecified atom stereocenters. The molecule has 0 radical (unpaired) electrons. The SMILES string of the molecule is CCOc1cc(C(O)C2=CCCCO2)ccc1OC(F)F. The van der Waals surface area contributed by atoms with Gasteiger partial charge in [-0.2, -0.15) is 8.78 Å². The van der Waals surface area contributed by atoms with Crippen LogP contribution in [0, 0.1) is 0 Å². The summed E-state index contributed by atoms with van der Waals surface area (Å²) < 4.78 is 39.8. The first-order chi connectivity index (χ1) is 10.1. The van der Waals surface area contributed by atoms with E-state index in [0.29, 0.717) is 24.5 Å². The van der Waals surface area contributed by atoms with Crippen molar-refractivity contribution in [1.82, 2.24) is 0 Å². The van der Waals surface area contributed by atoms with Crippen molar-refractivity contribution in [3.8, 4) is 11.5 Å². The maximum atomic E-state index is 12.3. The summed E-state index contributed by atoms with van der Waals surface area (Å²) in [6.45, 7) is -0.321. The van der Waals surface area contributed by atoms with E-state index in [1.807, 2.05) is 6.08 Å². The van der Waals surface area contributed by atoms with Gasteiger partial charge in [0.15, 0.2) is 11.5 Å². The molecule has 0 aliphatic carbocycles. The second kappa shape index (κ2) is 7.26. The summed E-state index contributed by atoms with van der Waals surface area (Å²) in [4.78, 5) is 0. The van der Waals surface area contributed by atoms with Crippen LogP contribution in [0.25, 0.3) is 0 Å². The van der Waals surface area contributed by atoms with Crippen LogP contribution in [-0.4, -0.2) is 24.9 Å². The molecule has 0 saturated carbocycles. The fourth-order valence-corrected chi connectivity index (χ4v) is 2.09. The van der Waals surface area contributed by atoms with Crippen molar-refractivity contribution in [2.45, 2.75) is 32.5 Å². The Balaban J connectivity index is 2.23. The average molecular weight is 300 g/mol. The molecule has 1 atom stereocenters. The van der Waals surface area contributed by atoms with Gasteiger partial charge in [0.2, 0.25) is 0 Å². The highest BCUT2D eigenvalue weighted by atomic mass is 19.3. The second-order valence-corrected chi connectivity index (χ2v) is 4.52. The van der Waals surface area contributed by atoms with E-state index in [0.717, 1.165) is 12.8 Å². The third-order valence-electron chi connectivity index (χ3n) is 3.03. The number of halogens is 2. The van der Waals surface area contributed by atoms with E-state index in [1.165, 1.54) is 18.2 Å². The van der Waals surface area contributed by atoms with Crippen molar-refractivity contribution >= 4 is 0 Å². The molecule has 1 aromatic carbocycles. The summed E-state index contributed by atoms with van der Waals surface area (Å²) in [5.74, 6) is 0.596. The first kappa shape index (κ1) is 15.6. The molecule has 4 nitrogen and oxygen atoms in total. The van der Waals surface area contributed by atoms with Gasteiger partial charge in [0.05, 0.1) is 13.2 Å². The second-order valence-electron chi connectivity index (χ2n) is 4.52. The highest BCUT2D eigenvalue weighted by Crippen LogP contribution is 2.34. The normalized spacial score (nSPS) is 16.1. The first-order valence-electron chi connectivity index (χ1n) is 6.84. The van der Waals surface area contributed by atoms with Crippen molar-refractivity contribution in [3.63, 3.8) is 0 Å². The van der Waals surface area contributed by atoms with Crippen LogP contribution < -0.4 is 9.47 Å². The van der Waals surface area contributed by atoms with Crippen molar-refractivity contribution in [3.05, 3.63) is 35.6 Å². The fraction of sp³-hybridized carbons (Fsp3) is 0.467. The van der Waals surface area contributed by atoms with Gasteiger partial charge in [-0.3, -0.25) is 0 Å². The van der Waals surface area contributed by atoms with E-state index < -0.39 is 12.7 Å². The van der Waals surface area contributed by atoms with Crippen LogP contribution in [0.15, 0.2) is 30.0 Å². The van der Waals surface area contributed by atoms with E-state index in [2.05, 4.69) is 4.74 Å². The Bertz CT molecular complexity index is 502. The Kier molecular flexibility index (Phi) is 5.38. The van der Waals surface area contributed by atoms with E-state index in [9.17, 15) is 13.9 Å². The highest BCUT2D eigenvalue weighted by Gasteiger charge is 2.20. The lowest BCUT2D eigenvalue weighted by atomic mass is 10.0. The monoisotopic (exact) mass is 300 g/mol. The Labute approximate surface area is 121 Å². The topological polar surface area (TPSA) is 47.9 Å². The van der Waals surface area contributed by atoms with Crippen LogP contribution in [0.5, 0.6) is 11.5 Å². The summed E-state index contributed by atoms with van der Waals surface area (Å²) in [5, 5.41) is 10.3. The minimum Gasteiger partial charge on any atom is -0.495 e. The van der Waals surface area contributed by atoms with E-state index in [-0.39, 0.29) is 11.5 Å². The molecule has 1 aliphatic heterocycles. The van der Waals surface area contributed by atoms with Crippen molar-refractivity contribution in [1.29, 1.82) is 0 Å². The Morgan fingerprint density at radius 1 is 1.33 bits per heavy atom. The lowest BCUT2D eigenvalue weighted by molar-refractivity contribution is -0.0514. The summed E-state index contributed by atoms with van der Waals surface area (Å²) in [6.07, 6.45) is 2.65. The number of alkyl halides is 2. The van der Waals surface area contributed by atoms with E-state index in [1.54, 1.807) is 6.92 Å². The largest absolute Gasteiger partial charge is 0.495 e. The minimum absolute atomic E-state index is 0.0543. The molecule has 0 saturated heterocycles. The zero-order valence-corrected chi connectivity index (χ0v) is 11.7. The van der Waals surface area contributed by atoms with Gasteiger partial charge in [-0.15, -0.1) is 0 Å². The van der Waals surface area contributed by atoms with Crippen molar-refractivity contribution in [2.24, 2.45) is 0 Å². The number of aliphatic hydroxyl groups excluding tert-OH is 1. The van der Waals surface area contributed by atoms with Gasteiger partial charge in [0.25, 0.3) is 0 Å². The van der Waals surface area contributed by atoms with Gasteiger partial charge in [-0.05, 0) is 43.5 Å². The molecule has 6 heteroatoms. The molecule has 1 aromatic rings. The van der Waals surface area contributed by atoms with Gasteiger partial charge < -0.3 is 19.3 Å². The summed E-state index contributed by atoms with van der Waals surface area (Å²) in [5.41, 5.74) is 0.508. The number of allylic oxidation sites excluding steroid dienone is 1. The van der Waals surface area contributed by atoms with Crippen LogP contribution in [0.3, 0.4) is 0 Å². The van der Waals surface area contributed by atoms with Gasteiger partial charge in [-0.1, -0.05) is 6.07 Å². The van der Waals surface area contributed by atoms with Crippen LogP contribution in [0.1, 0.15) is 31.4 Å². The standard InChI is InChI=1S/C15H18F2O4/c1-2-19-13-9-10(6-7-11(13)21-15(16)17)14(18)12-5-3-4-8-20-12/h5-7,9,14-15,18H,2-4,8H2,1H3. The molecule has 1 aliphatic rings. The third-order valence-corrected chi connectivity index (χ3v) is 3.03. The number of aliphatic hydroxyl groups is 1. The van der Waals surface area contributed by atoms with Crippen LogP contribution in [0.2, 0.25) is 0 Å². The summed E-state index contributed by atoms with van der Waals surface area (Å²) in [7, 11) is 0. The number of hydrogen-bond donors (Lipinski definition) is 1. The molecule has 2 rings (SSSR count). The van der Waals surface area contributed by atoms with E-state index >= 15 is 0 Å². The van der Waals surface area contributed by atoms with Crippen LogP contribution >= 0.6 is 0 Å². The number of rotatable bonds is 6. The average Bonchev–Trinajstić information content (AvgIpc) is 2.49. The summed E-state index contributed by atoms with van der Waals surface area (Å²) >= 11 is 0. The van der Waals surface area contributed by atoms with Gasteiger partial charge in [0, 0.05) is 0 Å². The van der Waals surface area contributed by atoms with Crippen LogP contribution in [-0.2, 0) is 4.74 Å². The van der Waals surface area contributed by atoms with Crippen LogP contribution in [0.4, 0.5) is 8.78 Å². The zero-order valence-electron chi connectivity index (χ0n) is 11.7. The zero-order chi connectivity index (χ0) is 15.2. The summed E-state index contributed by atoms with van der Waals surface area (Å²) in [6, 6.07) is 4.37. The molecular formula is C15H18F2O4. The lowest BCUT2D eigenvalue weighted by Gasteiger charge is -2.21. The molecule has 0 spiro atoms. The Hall–Kier alpha value is -1.82. The quantitative estimate of drug-likeness (QED) is 0.874. The predicted molar refractivity (Wildman–Crippen MR) is 72.5 cm³/mol. The molecule has 1 heterocycles. The fourth-order valence-electron chi connectivity index (χ4n) is 2.09. The third kappa shape index (κ3) is 4.07. The van der Waals surface area contributed by atoms with Crippen molar-refractivity contribution < 1.29 is 28.1 Å².